The summed E-state index contributed by atoms with van der Waals surface area (Å²) in [5, 5.41) is 3.71. The Morgan fingerprint density at radius 3 is 2.61 bits per heavy atom. The fourth-order valence-corrected chi connectivity index (χ4v) is 3.39. The van der Waals surface area contributed by atoms with Crippen LogP contribution in [-0.4, -0.2) is 62.7 Å². The van der Waals surface area contributed by atoms with Crippen LogP contribution in [-0.2, 0) is 0 Å². The van der Waals surface area contributed by atoms with Crippen LogP contribution < -0.4 is 5.32 Å². The van der Waals surface area contributed by atoms with Crippen molar-refractivity contribution in [2.24, 2.45) is 5.92 Å². The molecule has 106 valence electrons. The van der Waals surface area contributed by atoms with Crippen LogP contribution in [0.5, 0.6) is 0 Å². The van der Waals surface area contributed by atoms with Gasteiger partial charge in [-0.25, -0.2) is 0 Å². The smallest absolute Gasteiger partial charge is 0.0194 e. The summed E-state index contributed by atoms with van der Waals surface area (Å²) in [5.41, 5.74) is 0. The van der Waals surface area contributed by atoms with E-state index in [1.165, 1.54) is 71.2 Å². The topological polar surface area (TPSA) is 18.5 Å². The van der Waals surface area contributed by atoms with E-state index in [1.54, 1.807) is 0 Å². The number of rotatable bonds is 4. The summed E-state index contributed by atoms with van der Waals surface area (Å²) in [7, 11) is 4.56. The van der Waals surface area contributed by atoms with E-state index in [0.29, 0.717) is 0 Å². The zero-order chi connectivity index (χ0) is 12.8. The minimum absolute atomic E-state index is 0.740. The molecule has 3 heteroatoms. The first-order valence-corrected chi connectivity index (χ1v) is 7.84. The summed E-state index contributed by atoms with van der Waals surface area (Å²) in [4.78, 5) is 5.03. The molecular formula is C15H31N3. The lowest BCUT2D eigenvalue weighted by Gasteiger charge is -2.33. The predicted octanol–water partition coefficient (Wildman–Crippen LogP) is 1.79. The van der Waals surface area contributed by atoms with Crippen molar-refractivity contribution >= 4 is 0 Å². The van der Waals surface area contributed by atoms with Gasteiger partial charge in [-0.05, 0) is 65.3 Å². The first kappa shape index (κ1) is 14.3. The van der Waals surface area contributed by atoms with Crippen LogP contribution in [0, 0.1) is 5.92 Å². The standard InChI is InChI=1S/C15H31N3/c1-17-10-7-14(8-11-17)12-18(2)13-15-6-4-3-5-9-16-15/h14-16H,3-13H2,1-2H3. The molecule has 0 aromatic carbocycles. The first-order chi connectivity index (χ1) is 8.74. The quantitative estimate of drug-likeness (QED) is 0.824. The third kappa shape index (κ3) is 4.87. The number of likely N-dealkylation sites (tertiary alicyclic amines) is 1. The van der Waals surface area contributed by atoms with Gasteiger partial charge in [0, 0.05) is 19.1 Å². The highest BCUT2D eigenvalue weighted by atomic mass is 15.1. The Labute approximate surface area is 113 Å². The zero-order valence-electron chi connectivity index (χ0n) is 12.3. The van der Waals surface area contributed by atoms with Gasteiger partial charge in [-0.2, -0.15) is 0 Å². The van der Waals surface area contributed by atoms with Gasteiger partial charge in [0.2, 0.25) is 0 Å². The van der Waals surface area contributed by atoms with Crippen LogP contribution in [0.1, 0.15) is 38.5 Å². The van der Waals surface area contributed by atoms with Crippen molar-refractivity contribution in [1.29, 1.82) is 0 Å². The molecule has 18 heavy (non-hydrogen) atoms. The fraction of sp³-hybridized carbons (Fsp3) is 1.00. The van der Waals surface area contributed by atoms with E-state index in [2.05, 4.69) is 29.2 Å². The number of hydrogen-bond acceptors (Lipinski definition) is 3. The summed E-state index contributed by atoms with van der Waals surface area (Å²) in [6.07, 6.45) is 8.35. The average molecular weight is 253 g/mol. The van der Waals surface area contributed by atoms with Gasteiger partial charge in [-0.3, -0.25) is 0 Å². The van der Waals surface area contributed by atoms with Crippen molar-refractivity contribution in [3.8, 4) is 0 Å². The van der Waals surface area contributed by atoms with E-state index in [0.717, 1.165) is 12.0 Å². The average Bonchev–Trinajstić information content (AvgIpc) is 2.61. The lowest BCUT2D eigenvalue weighted by Crippen LogP contribution is -2.42. The highest BCUT2D eigenvalue weighted by Gasteiger charge is 2.20. The van der Waals surface area contributed by atoms with Crippen LogP contribution in [0.15, 0.2) is 0 Å². The Kier molecular flexibility index (Phi) is 5.93. The zero-order valence-corrected chi connectivity index (χ0v) is 12.3. The number of likely N-dealkylation sites (N-methyl/N-ethyl adjacent to an activating group) is 1. The third-order valence-electron chi connectivity index (χ3n) is 4.60. The van der Waals surface area contributed by atoms with Crippen molar-refractivity contribution < 1.29 is 0 Å². The van der Waals surface area contributed by atoms with Gasteiger partial charge < -0.3 is 15.1 Å². The molecule has 0 aromatic rings. The third-order valence-corrected chi connectivity index (χ3v) is 4.60. The van der Waals surface area contributed by atoms with Crippen LogP contribution in [0.3, 0.4) is 0 Å². The molecule has 2 rings (SSSR count). The predicted molar refractivity (Wildman–Crippen MR) is 78.0 cm³/mol. The van der Waals surface area contributed by atoms with Gasteiger partial charge >= 0.3 is 0 Å². The molecule has 0 aliphatic carbocycles. The van der Waals surface area contributed by atoms with Gasteiger partial charge in [0.25, 0.3) is 0 Å². The molecule has 1 atom stereocenters. The molecule has 0 saturated carbocycles. The Morgan fingerprint density at radius 2 is 1.83 bits per heavy atom. The number of nitrogens with zero attached hydrogens (tertiary/aromatic N) is 2. The fourth-order valence-electron chi connectivity index (χ4n) is 3.39. The van der Waals surface area contributed by atoms with Gasteiger partial charge in [-0.15, -0.1) is 0 Å². The minimum atomic E-state index is 0.740. The molecule has 2 fully saturated rings. The van der Waals surface area contributed by atoms with Crippen molar-refractivity contribution in [3.05, 3.63) is 0 Å². The van der Waals surface area contributed by atoms with E-state index in [1.807, 2.05) is 0 Å². The van der Waals surface area contributed by atoms with Crippen molar-refractivity contribution in [2.75, 3.05) is 46.8 Å². The van der Waals surface area contributed by atoms with E-state index < -0.39 is 0 Å². The summed E-state index contributed by atoms with van der Waals surface area (Å²) in [6, 6.07) is 0.740. The number of piperidine rings is 1. The molecule has 2 aliphatic rings. The summed E-state index contributed by atoms with van der Waals surface area (Å²) < 4.78 is 0. The van der Waals surface area contributed by atoms with Gasteiger partial charge in [0.05, 0.1) is 0 Å². The molecule has 0 bridgehead atoms. The van der Waals surface area contributed by atoms with Gasteiger partial charge in [0.1, 0.15) is 0 Å². The highest BCUT2D eigenvalue weighted by Crippen LogP contribution is 2.17. The van der Waals surface area contributed by atoms with E-state index in [-0.39, 0.29) is 0 Å². The molecule has 0 amide bonds. The second kappa shape index (κ2) is 7.46. The molecule has 0 radical (unpaired) electrons. The molecule has 1 N–H and O–H groups in total. The van der Waals surface area contributed by atoms with Crippen LogP contribution in [0.4, 0.5) is 0 Å². The number of hydrogen-bond donors (Lipinski definition) is 1. The molecule has 2 saturated heterocycles. The maximum Gasteiger partial charge on any atom is 0.0194 e. The maximum absolute atomic E-state index is 3.71. The van der Waals surface area contributed by atoms with Crippen molar-refractivity contribution in [3.63, 3.8) is 0 Å². The largest absolute Gasteiger partial charge is 0.313 e. The Hall–Kier alpha value is -0.120. The van der Waals surface area contributed by atoms with E-state index in [9.17, 15) is 0 Å². The Balaban J connectivity index is 1.66. The maximum atomic E-state index is 3.71. The summed E-state index contributed by atoms with van der Waals surface area (Å²) in [6.45, 7) is 6.35. The molecule has 0 spiro atoms. The lowest BCUT2D eigenvalue weighted by molar-refractivity contribution is 0.168. The molecule has 0 aromatic heterocycles. The Bertz CT molecular complexity index is 216. The number of nitrogens with one attached hydrogen (secondary N) is 1. The molecule has 2 heterocycles. The Morgan fingerprint density at radius 1 is 1.06 bits per heavy atom. The highest BCUT2D eigenvalue weighted by molar-refractivity contribution is 4.77. The molecule has 3 nitrogen and oxygen atoms in total. The van der Waals surface area contributed by atoms with Crippen LogP contribution in [0.2, 0.25) is 0 Å². The minimum Gasteiger partial charge on any atom is -0.313 e. The lowest BCUT2D eigenvalue weighted by atomic mass is 9.96. The normalized spacial score (nSPS) is 28.5. The van der Waals surface area contributed by atoms with Crippen LogP contribution >= 0.6 is 0 Å². The van der Waals surface area contributed by atoms with Crippen molar-refractivity contribution in [1.82, 2.24) is 15.1 Å². The summed E-state index contributed by atoms with van der Waals surface area (Å²) >= 11 is 0. The van der Waals surface area contributed by atoms with Gasteiger partial charge in [-0.1, -0.05) is 12.8 Å². The van der Waals surface area contributed by atoms with Crippen LogP contribution in [0.25, 0.3) is 0 Å². The van der Waals surface area contributed by atoms with Gasteiger partial charge in [0.15, 0.2) is 0 Å². The summed E-state index contributed by atoms with van der Waals surface area (Å²) in [5.74, 6) is 0.928. The second-order valence-corrected chi connectivity index (χ2v) is 6.47. The SMILES string of the molecule is CN1CCC(CN(C)CC2CCCCCN2)CC1. The molecule has 1 unspecified atom stereocenters. The molecular weight excluding hydrogens is 222 g/mol. The first-order valence-electron chi connectivity index (χ1n) is 7.84. The van der Waals surface area contributed by atoms with Crippen molar-refractivity contribution in [2.45, 2.75) is 44.6 Å². The molecule has 2 aliphatic heterocycles. The van der Waals surface area contributed by atoms with E-state index in [4.69, 9.17) is 0 Å². The van der Waals surface area contributed by atoms with E-state index >= 15 is 0 Å². The second-order valence-electron chi connectivity index (χ2n) is 6.47. The monoisotopic (exact) mass is 253 g/mol.